The molecule has 6 heteroatoms. The Balaban J connectivity index is 1.71. The smallest absolute Gasteiger partial charge is 0.234 e. The highest BCUT2D eigenvalue weighted by Gasteiger charge is 2.12. The van der Waals surface area contributed by atoms with Crippen LogP contribution in [0.1, 0.15) is 12.1 Å². The standard InChI is InChI=1S/C12H19N5O/c18-12(9-17-6-1-3-13-5-7-17)15-8-11-2-4-14-10-16-11/h2,4,10,13H,1,3,5-9H2,(H,15,18). The monoisotopic (exact) mass is 249 g/mol. The molecule has 0 unspecified atom stereocenters. The zero-order valence-corrected chi connectivity index (χ0v) is 10.4. The summed E-state index contributed by atoms with van der Waals surface area (Å²) >= 11 is 0. The molecule has 1 aliphatic rings. The second-order valence-electron chi connectivity index (χ2n) is 4.36. The van der Waals surface area contributed by atoms with Crippen molar-refractivity contribution in [3.8, 4) is 0 Å². The number of nitrogens with one attached hydrogen (secondary N) is 2. The molecule has 1 saturated heterocycles. The van der Waals surface area contributed by atoms with Crippen LogP contribution in [0, 0.1) is 0 Å². The van der Waals surface area contributed by atoms with Crippen molar-refractivity contribution in [2.45, 2.75) is 13.0 Å². The molecule has 0 aliphatic carbocycles. The van der Waals surface area contributed by atoms with E-state index in [9.17, 15) is 4.79 Å². The van der Waals surface area contributed by atoms with Crippen LogP contribution >= 0.6 is 0 Å². The number of hydrogen-bond acceptors (Lipinski definition) is 5. The molecule has 0 bridgehead atoms. The van der Waals surface area contributed by atoms with Gasteiger partial charge in [0.2, 0.25) is 5.91 Å². The first-order valence-corrected chi connectivity index (χ1v) is 6.29. The average Bonchev–Trinajstić information content (AvgIpc) is 2.66. The first-order chi connectivity index (χ1) is 8.84. The second-order valence-corrected chi connectivity index (χ2v) is 4.36. The van der Waals surface area contributed by atoms with Gasteiger partial charge in [0, 0.05) is 19.3 Å². The molecule has 98 valence electrons. The summed E-state index contributed by atoms with van der Waals surface area (Å²) in [6, 6.07) is 1.80. The van der Waals surface area contributed by atoms with Crippen molar-refractivity contribution < 1.29 is 4.79 Å². The lowest BCUT2D eigenvalue weighted by atomic mass is 10.3. The first kappa shape index (κ1) is 12.9. The van der Waals surface area contributed by atoms with Crippen molar-refractivity contribution in [2.24, 2.45) is 0 Å². The van der Waals surface area contributed by atoms with E-state index in [2.05, 4.69) is 25.5 Å². The van der Waals surface area contributed by atoms with Crippen LogP contribution < -0.4 is 10.6 Å². The van der Waals surface area contributed by atoms with Crippen molar-refractivity contribution in [1.82, 2.24) is 25.5 Å². The second kappa shape index (κ2) is 7.03. The van der Waals surface area contributed by atoms with E-state index in [4.69, 9.17) is 0 Å². The van der Waals surface area contributed by atoms with Crippen LogP contribution in [0.15, 0.2) is 18.6 Å². The number of hydrogen-bond donors (Lipinski definition) is 2. The van der Waals surface area contributed by atoms with Crippen LogP contribution in [0.4, 0.5) is 0 Å². The lowest BCUT2D eigenvalue weighted by molar-refractivity contribution is -0.122. The molecule has 0 spiro atoms. The largest absolute Gasteiger partial charge is 0.349 e. The van der Waals surface area contributed by atoms with Gasteiger partial charge in [-0.2, -0.15) is 0 Å². The molecular formula is C12H19N5O. The molecule has 0 saturated carbocycles. The third-order valence-electron chi connectivity index (χ3n) is 2.91. The van der Waals surface area contributed by atoms with E-state index in [0.29, 0.717) is 13.1 Å². The maximum absolute atomic E-state index is 11.8. The van der Waals surface area contributed by atoms with Crippen LogP contribution in [-0.2, 0) is 11.3 Å². The van der Waals surface area contributed by atoms with Gasteiger partial charge in [0.25, 0.3) is 0 Å². The number of amides is 1. The molecule has 2 N–H and O–H groups in total. The SMILES string of the molecule is O=C(CN1CCCNCC1)NCc1ccncn1. The minimum Gasteiger partial charge on any atom is -0.349 e. The van der Waals surface area contributed by atoms with Gasteiger partial charge in [-0.25, -0.2) is 9.97 Å². The van der Waals surface area contributed by atoms with Crippen molar-refractivity contribution in [3.05, 3.63) is 24.3 Å². The minimum atomic E-state index is 0.0514. The van der Waals surface area contributed by atoms with Gasteiger partial charge in [-0.05, 0) is 25.6 Å². The van der Waals surface area contributed by atoms with E-state index in [-0.39, 0.29) is 5.91 Å². The van der Waals surface area contributed by atoms with Gasteiger partial charge in [-0.3, -0.25) is 9.69 Å². The van der Waals surface area contributed by atoms with Crippen molar-refractivity contribution in [1.29, 1.82) is 0 Å². The van der Waals surface area contributed by atoms with Crippen LogP contribution in [0.3, 0.4) is 0 Å². The third-order valence-corrected chi connectivity index (χ3v) is 2.91. The van der Waals surface area contributed by atoms with E-state index in [1.54, 1.807) is 12.3 Å². The van der Waals surface area contributed by atoms with Crippen molar-refractivity contribution >= 4 is 5.91 Å². The number of carbonyl (C=O) groups excluding carboxylic acids is 1. The first-order valence-electron chi connectivity index (χ1n) is 6.29. The van der Waals surface area contributed by atoms with Gasteiger partial charge < -0.3 is 10.6 Å². The molecule has 1 aromatic rings. The average molecular weight is 249 g/mol. The molecule has 6 nitrogen and oxygen atoms in total. The molecule has 2 heterocycles. The number of rotatable bonds is 4. The molecule has 1 fully saturated rings. The molecule has 2 rings (SSSR count). The summed E-state index contributed by atoms with van der Waals surface area (Å²) in [5.74, 6) is 0.0514. The van der Waals surface area contributed by atoms with Gasteiger partial charge >= 0.3 is 0 Å². The Hall–Kier alpha value is -1.53. The van der Waals surface area contributed by atoms with Crippen LogP contribution in [-0.4, -0.2) is 53.5 Å². The topological polar surface area (TPSA) is 70.2 Å². The Morgan fingerprint density at radius 2 is 2.39 bits per heavy atom. The molecule has 0 atom stereocenters. The number of carbonyl (C=O) groups is 1. The number of nitrogens with zero attached hydrogens (tertiary/aromatic N) is 3. The van der Waals surface area contributed by atoms with Crippen molar-refractivity contribution in [2.75, 3.05) is 32.7 Å². The van der Waals surface area contributed by atoms with Crippen LogP contribution in [0.5, 0.6) is 0 Å². The Kier molecular flexibility index (Phi) is 5.04. The highest BCUT2D eigenvalue weighted by molar-refractivity contribution is 5.77. The zero-order valence-electron chi connectivity index (χ0n) is 10.4. The molecule has 18 heavy (non-hydrogen) atoms. The minimum absolute atomic E-state index is 0.0514. The fourth-order valence-corrected chi connectivity index (χ4v) is 1.93. The van der Waals surface area contributed by atoms with Gasteiger partial charge in [-0.1, -0.05) is 0 Å². The summed E-state index contributed by atoms with van der Waals surface area (Å²) in [5.41, 5.74) is 0.830. The predicted octanol–water partition coefficient (Wildman–Crippen LogP) is -0.612. The summed E-state index contributed by atoms with van der Waals surface area (Å²) in [5, 5.41) is 6.19. The Morgan fingerprint density at radius 1 is 1.44 bits per heavy atom. The van der Waals surface area contributed by atoms with Crippen LogP contribution in [0.2, 0.25) is 0 Å². The molecule has 1 aromatic heterocycles. The maximum atomic E-state index is 11.8. The Labute approximate surface area is 107 Å². The fraction of sp³-hybridized carbons (Fsp3) is 0.583. The Morgan fingerprint density at radius 3 is 3.22 bits per heavy atom. The quantitative estimate of drug-likeness (QED) is 0.745. The third kappa shape index (κ3) is 4.38. The van der Waals surface area contributed by atoms with E-state index < -0.39 is 0 Å². The molecule has 1 aliphatic heterocycles. The van der Waals surface area contributed by atoms with E-state index in [1.165, 1.54) is 6.33 Å². The lowest BCUT2D eigenvalue weighted by Crippen LogP contribution is -2.38. The van der Waals surface area contributed by atoms with Gasteiger partial charge in [0.15, 0.2) is 0 Å². The lowest BCUT2D eigenvalue weighted by Gasteiger charge is -2.18. The van der Waals surface area contributed by atoms with Gasteiger partial charge in [0.1, 0.15) is 6.33 Å². The number of aromatic nitrogens is 2. The highest BCUT2D eigenvalue weighted by Crippen LogP contribution is 1.95. The fourth-order valence-electron chi connectivity index (χ4n) is 1.93. The highest BCUT2D eigenvalue weighted by atomic mass is 16.2. The summed E-state index contributed by atoms with van der Waals surface area (Å²) in [4.78, 5) is 21.9. The Bertz CT molecular complexity index is 362. The van der Waals surface area contributed by atoms with E-state index >= 15 is 0 Å². The molecule has 0 radical (unpaired) electrons. The van der Waals surface area contributed by atoms with Gasteiger partial charge in [-0.15, -0.1) is 0 Å². The van der Waals surface area contributed by atoms with Crippen molar-refractivity contribution in [3.63, 3.8) is 0 Å². The zero-order chi connectivity index (χ0) is 12.6. The summed E-state index contributed by atoms with van der Waals surface area (Å²) < 4.78 is 0. The maximum Gasteiger partial charge on any atom is 0.234 e. The summed E-state index contributed by atoms with van der Waals surface area (Å²) in [6.45, 7) is 4.84. The molecular weight excluding hydrogens is 230 g/mol. The van der Waals surface area contributed by atoms with E-state index in [0.717, 1.165) is 38.3 Å². The van der Waals surface area contributed by atoms with Gasteiger partial charge in [0.05, 0.1) is 18.8 Å². The summed E-state index contributed by atoms with van der Waals surface area (Å²) in [7, 11) is 0. The normalized spacial score (nSPS) is 17.1. The molecule has 1 amide bonds. The summed E-state index contributed by atoms with van der Waals surface area (Å²) in [6.07, 6.45) is 4.26. The molecule has 0 aromatic carbocycles. The van der Waals surface area contributed by atoms with Crippen LogP contribution in [0.25, 0.3) is 0 Å². The van der Waals surface area contributed by atoms with E-state index in [1.807, 2.05) is 0 Å². The predicted molar refractivity (Wildman–Crippen MR) is 67.8 cm³/mol.